The zero-order valence-corrected chi connectivity index (χ0v) is 11.9. The third-order valence-electron chi connectivity index (χ3n) is 3.15. The maximum Gasteiger partial charge on any atom is 0.246 e. The largest absolute Gasteiger partial charge is 0.368 e. The smallest absolute Gasteiger partial charge is 0.246 e. The van der Waals surface area contributed by atoms with E-state index in [4.69, 9.17) is 4.74 Å². The van der Waals surface area contributed by atoms with Gasteiger partial charge in [-0.3, -0.25) is 4.79 Å². The number of amides is 1. The molecular formula is C13H27N3O2. The number of ether oxygens (including phenoxy) is 1. The average Bonchev–Trinajstić information content (AvgIpc) is 2.35. The van der Waals surface area contributed by atoms with Crippen LogP contribution < -0.4 is 10.6 Å². The standard InChI is InChI=1S/C13H27N3O2/c1-11(6-9-16(2)3)15-13(17)10-18-12-4-7-14-8-5-12/h11-12,14H,4-10H2,1-3H3,(H,15,17). The maximum absolute atomic E-state index is 11.7. The van der Waals surface area contributed by atoms with Gasteiger partial charge < -0.3 is 20.3 Å². The molecule has 1 atom stereocenters. The molecule has 0 bridgehead atoms. The first kappa shape index (κ1) is 15.4. The van der Waals surface area contributed by atoms with E-state index in [0.717, 1.165) is 38.9 Å². The van der Waals surface area contributed by atoms with E-state index >= 15 is 0 Å². The molecule has 0 saturated carbocycles. The minimum Gasteiger partial charge on any atom is -0.368 e. The highest BCUT2D eigenvalue weighted by molar-refractivity contribution is 5.77. The van der Waals surface area contributed by atoms with Crippen molar-refractivity contribution in [2.45, 2.75) is 38.3 Å². The van der Waals surface area contributed by atoms with Crippen molar-refractivity contribution in [1.82, 2.24) is 15.5 Å². The molecule has 1 amide bonds. The van der Waals surface area contributed by atoms with Crippen LogP contribution in [0.4, 0.5) is 0 Å². The van der Waals surface area contributed by atoms with E-state index in [-0.39, 0.29) is 24.7 Å². The van der Waals surface area contributed by atoms with Crippen LogP contribution >= 0.6 is 0 Å². The lowest BCUT2D eigenvalue weighted by Crippen LogP contribution is -2.39. The van der Waals surface area contributed by atoms with E-state index in [1.807, 2.05) is 21.0 Å². The molecule has 2 N–H and O–H groups in total. The molecule has 1 aliphatic rings. The van der Waals surface area contributed by atoms with Crippen LogP contribution in [0.3, 0.4) is 0 Å². The zero-order chi connectivity index (χ0) is 13.4. The Balaban J connectivity index is 2.08. The summed E-state index contributed by atoms with van der Waals surface area (Å²) in [6.07, 6.45) is 3.22. The van der Waals surface area contributed by atoms with Gasteiger partial charge in [0, 0.05) is 6.04 Å². The van der Waals surface area contributed by atoms with Crippen molar-refractivity contribution in [2.75, 3.05) is 40.3 Å². The second-order valence-electron chi connectivity index (χ2n) is 5.32. The molecule has 106 valence electrons. The first-order chi connectivity index (χ1) is 8.58. The van der Waals surface area contributed by atoms with E-state index in [1.165, 1.54) is 0 Å². The third-order valence-corrected chi connectivity index (χ3v) is 3.15. The summed E-state index contributed by atoms with van der Waals surface area (Å²) in [5.74, 6) is -0.000196. The molecule has 1 unspecified atom stereocenters. The summed E-state index contributed by atoms with van der Waals surface area (Å²) in [5.41, 5.74) is 0. The van der Waals surface area contributed by atoms with E-state index in [9.17, 15) is 4.79 Å². The number of nitrogens with zero attached hydrogens (tertiary/aromatic N) is 1. The molecule has 1 aliphatic heterocycles. The highest BCUT2D eigenvalue weighted by Crippen LogP contribution is 2.06. The number of piperidine rings is 1. The second kappa shape index (κ2) is 8.45. The molecule has 1 rings (SSSR count). The van der Waals surface area contributed by atoms with Crippen LogP contribution in [-0.2, 0) is 9.53 Å². The van der Waals surface area contributed by atoms with Crippen molar-refractivity contribution in [3.63, 3.8) is 0 Å². The molecule has 5 heteroatoms. The molecule has 1 saturated heterocycles. The highest BCUT2D eigenvalue weighted by atomic mass is 16.5. The van der Waals surface area contributed by atoms with E-state index < -0.39 is 0 Å². The van der Waals surface area contributed by atoms with Gasteiger partial charge in [0.2, 0.25) is 5.91 Å². The Morgan fingerprint density at radius 2 is 2.11 bits per heavy atom. The summed E-state index contributed by atoms with van der Waals surface area (Å²) in [5, 5.41) is 6.25. The van der Waals surface area contributed by atoms with Gasteiger partial charge in [-0.2, -0.15) is 0 Å². The van der Waals surface area contributed by atoms with Gasteiger partial charge in [-0.25, -0.2) is 0 Å². The maximum atomic E-state index is 11.7. The molecule has 0 aliphatic carbocycles. The normalized spacial score (nSPS) is 18.9. The summed E-state index contributed by atoms with van der Waals surface area (Å²) >= 11 is 0. The predicted octanol–water partition coefficient (Wildman–Crippen LogP) is 0.211. The van der Waals surface area contributed by atoms with Gasteiger partial charge in [-0.15, -0.1) is 0 Å². The van der Waals surface area contributed by atoms with E-state index in [1.54, 1.807) is 0 Å². The summed E-state index contributed by atoms with van der Waals surface area (Å²) in [6, 6.07) is 0.205. The molecule has 1 heterocycles. The summed E-state index contributed by atoms with van der Waals surface area (Å²) < 4.78 is 5.61. The van der Waals surface area contributed by atoms with Crippen molar-refractivity contribution in [3.05, 3.63) is 0 Å². The van der Waals surface area contributed by atoms with Crippen LogP contribution in [-0.4, -0.2) is 63.3 Å². The Labute approximate surface area is 110 Å². The van der Waals surface area contributed by atoms with E-state index in [0.29, 0.717) is 0 Å². The number of hydrogen-bond donors (Lipinski definition) is 2. The number of carbonyl (C=O) groups is 1. The van der Waals surface area contributed by atoms with Gasteiger partial charge >= 0.3 is 0 Å². The van der Waals surface area contributed by atoms with Gasteiger partial charge in [0.15, 0.2) is 0 Å². The van der Waals surface area contributed by atoms with Crippen molar-refractivity contribution in [2.24, 2.45) is 0 Å². The molecule has 0 radical (unpaired) electrons. The van der Waals surface area contributed by atoms with E-state index in [2.05, 4.69) is 15.5 Å². The van der Waals surface area contributed by atoms with Crippen LogP contribution in [0.5, 0.6) is 0 Å². The fraction of sp³-hybridized carbons (Fsp3) is 0.923. The molecule has 1 fully saturated rings. The Morgan fingerprint density at radius 3 is 2.72 bits per heavy atom. The quantitative estimate of drug-likeness (QED) is 0.685. The van der Waals surface area contributed by atoms with Crippen LogP contribution in [0.1, 0.15) is 26.2 Å². The van der Waals surface area contributed by atoms with Crippen LogP contribution in [0.15, 0.2) is 0 Å². The van der Waals surface area contributed by atoms with Crippen molar-refractivity contribution >= 4 is 5.91 Å². The highest BCUT2D eigenvalue weighted by Gasteiger charge is 2.15. The molecule has 0 aromatic carbocycles. The lowest BCUT2D eigenvalue weighted by molar-refractivity contribution is -0.128. The van der Waals surface area contributed by atoms with Crippen molar-refractivity contribution in [1.29, 1.82) is 0 Å². The fourth-order valence-electron chi connectivity index (χ4n) is 2.00. The fourth-order valence-corrected chi connectivity index (χ4v) is 2.00. The average molecular weight is 257 g/mol. The van der Waals surface area contributed by atoms with Crippen LogP contribution in [0.25, 0.3) is 0 Å². The molecule has 0 spiro atoms. The Kier molecular flexibility index (Phi) is 7.23. The number of carbonyl (C=O) groups excluding carboxylic acids is 1. The number of rotatable bonds is 7. The van der Waals surface area contributed by atoms with Gasteiger partial charge in [0.1, 0.15) is 6.61 Å². The summed E-state index contributed by atoms with van der Waals surface area (Å²) in [4.78, 5) is 13.8. The molecule has 5 nitrogen and oxygen atoms in total. The summed E-state index contributed by atoms with van der Waals surface area (Å²) in [6.45, 7) is 5.19. The first-order valence-corrected chi connectivity index (χ1v) is 6.84. The van der Waals surface area contributed by atoms with Crippen LogP contribution in [0, 0.1) is 0 Å². The monoisotopic (exact) mass is 257 g/mol. The third kappa shape index (κ3) is 6.93. The van der Waals surface area contributed by atoms with Gasteiger partial charge in [0.25, 0.3) is 0 Å². The molecule has 0 aromatic rings. The van der Waals surface area contributed by atoms with Gasteiger partial charge in [-0.1, -0.05) is 0 Å². The number of hydrogen-bond acceptors (Lipinski definition) is 4. The molecule has 0 aromatic heterocycles. The SMILES string of the molecule is CC(CCN(C)C)NC(=O)COC1CCNCC1. The van der Waals surface area contributed by atoms with Gasteiger partial charge in [-0.05, 0) is 59.9 Å². The Morgan fingerprint density at radius 1 is 1.44 bits per heavy atom. The molecule has 18 heavy (non-hydrogen) atoms. The van der Waals surface area contributed by atoms with Crippen molar-refractivity contribution < 1.29 is 9.53 Å². The zero-order valence-electron chi connectivity index (χ0n) is 11.9. The second-order valence-corrected chi connectivity index (χ2v) is 5.32. The predicted molar refractivity (Wildman–Crippen MR) is 72.6 cm³/mol. The lowest BCUT2D eigenvalue weighted by atomic mass is 10.1. The minimum absolute atomic E-state index is 0.000196. The topological polar surface area (TPSA) is 53.6 Å². The van der Waals surface area contributed by atoms with Gasteiger partial charge in [0.05, 0.1) is 6.10 Å². The first-order valence-electron chi connectivity index (χ1n) is 6.84. The lowest BCUT2D eigenvalue weighted by Gasteiger charge is -2.23. The number of nitrogens with one attached hydrogen (secondary N) is 2. The van der Waals surface area contributed by atoms with Crippen LogP contribution in [0.2, 0.25) is 0 Å². The Hall–Kier alpha value is -0.650. The van der Waals surface area contributed by atoms with Crippen molar-refractivity contribution in [3.8, 4) is 0 Å². The minimum atomic E-state index is -0.000196. The summed E-state index contributed by atoms with van der Waals surface area (Å²) in [7, 11) is 4.07. The Bertz CT molecular complexity index is 240. The molecular weight excluding hydrogens is 230 g/mol.